The van der Waals surface area contributed by atoms with Gasteiger partial charge in [-0.15, -0.1) is 0 Å². The van der Waals surface area contributed by atoms with Crippen molar-refractivity contribution < 1.29 is 14.3 Å². The monoisotopic (exact) mass is 357 g/mol. The van der Waals surface area contributed by atoms with E-state index in [1.165, 1.54) is 18.1 Å². The zero-order chi connectivity index (χ0) is 17.8. The molecule has 1 amide bonds. The van der Waals surface area contributed by atoms with Crippen molar-refractivity contribution in [1.29, 1.82) is 0 Å². The molecule has 0 heterocycles. The third kappa shape index (κ3) is 4.20. The molecule has 2 aromatic rings. The average Bonchev–Trinajstić information content (AvgIpc) is 2.61. The molecule has 1 aliphatic carbocycles. The lowest BCUT2D eigenvalue weighted by atomic mass is 9.88. The fraction of sp³-hybridized carbons (Fsp3) is 0.300. The van der Waals surface area contributed by atoms with Gasteiger partial charge >= 0.3 is 0 Å². The third-order valence-electron chi connectivity index (χ3n) is 4.38. The molecule has 0 aliphatic heterocycles. The first-order valence-electron chi connectivity index (χ1n) is 8.35. The molecule has 0 radical (unpaired) electrons. The average molecular weight is 358 g/mol. The Morgan fingerprint density at radius 2 is 2.04 bits per heavy atom. The van der Waals surface area contributed by atoms with Crippen LogP contribution in [0.25, 0.3) is 0 Å². The number of carbonyl (C=O) groups is 2. The van der Waals surface area contributed by atoms with Crippen molar-refractivity contribution in [3.8, 4) is 5.75 Å². The fourth-order valence-electron chi connectivity index (χ4n) is 3.19. The number of rotatable bonds is 5. The molecule has 130 valence electrons. The van der Waals surface area contributed by atoms with Crippen molar-refractivity contribution in [1.82, 2.24) is 5.32 Å². The maximum atomic E-state index is 12.3. The number of halogens is 1. The highest BCUT2D eigenvalue weighted by Gasteiger charge is 2.21. The molecular weight excluding hydrogens is 338 g/mol. The highest BCUT2D eigenvalue weighted by atomic mass is 35.5. The minimum atomic E-state index is -0.203. The van der Waals surface area contributed by atoms with Crippen molar-refractivity contribution in [3.63, 3.8) is 0 Å². The summed E-state index contributed by atoms with van der Waals surface area (Å²) in [5, 5.41) is 3.49. The molecule has 4 nitrogen and oxygen atoms in total. The van der Waals surface area contributed by atoms with Crippen molar-refractivity contribution in [2.45, 2.75) is 32.2 Å². The van der Waals surface area contributed by atoms with E-state index in [-0.39, 0.29) is 24.3 Å². The molecule has 5 heteroatoms. The molecule has 0 bridgehead atoms. The molecule has 1 atom stereocenters. The number of ketones is 1. The Labute approximate surface area is 152 Å². The fourth-order valence-corrected chi connectivity index (χ4v) is 3.36. The number of hydrogen-bond acceptors (Lipinski definition) is 3. The summed E-state index contributed by atoms with van der Waals surface area (Å²) in [7, 11) is 0. The number of amides is 1. The standard InChI is InChI=1S/C20H20ClNO3/c1-13(23)17-11-15(21)9-10-19(17)25-12-20(24)22-18-8-4-6-14-5-2-3-7-16(14)18/h2-3,5,7,9-11,18H,4,6,8,12H2,1H3,(H,22,24)/t18-/m0/s1. The van der Waals surface area contributed by atoms with Gasteiger partial charge in [-0.05, 0) is 55.5 Å². The lowest BCUT2D eigenvalue weighted by Gasteiger charge is -2.26. The van der Waals surface area contributed by atoms with Crippen molar-refractivity contribution in [2.24, 2.45) is 0 Å². The van der Waals surface area contributed by atoms with Crippen LogP contribution in [-0.2, 0) is 11.2 Å². The van der Waals surface area contributed by atoms with E-state index < -0.39 is 0 Å². The number of Topliss-reactive ketones (excluding diaryl/α,β-unsaturated/α-hetero) is 1. The number of ether oxygens (including phenoxy) is 1. The molecule has 0 saturated heterocycles. The highest BCUT2D eigenvalue weighted by Crippen LogP contribution is 2.29. The van der Waals surface area contributed by atoms with Gasteiger partial charge in [0.1, 0.15) is 5.75 Å². The summed E-state index contributed by atoms with van der Waals surface area (Å²) in [6.07, 6.45) is 3.02. The topological polar surface area (TPSA) is 55.4 Å². The largest absolute Gasteiger partial charge is 0.483 e. The van der Waals surface area contributed by atoms with Crippen LogP contribution in [-0.4, -0.2) is 18.3 Å². The number of aryl methyl sites for hydroxylation is 1. The van der Waals surface area contributed by atoms with Crippen LogP contribution in [0.3, 0.4) is 0 Å². The maximum absolute atomic E-state index is 12.3. The van der Waals surface area contributed by atoms with E-state index in [4.69, 9.17) is 16.3 Å². The van der Waals surface area contributed by atoms with Gasteiger partial charge in [0, 0.05) is 5.02 Å². The molecule has 0 unspecified atom stereocenters. The molecule has 0 spiro atoms. The van der Waals surface area contributed by atoms with Gasteiger partial charge in [-0.3, -0.25) is 9.59 Å². The molecule has 1 N–H and O–H groups in total. The SMILES string of the molecule is CC(=O)c1cc(Cl)ccc1OCC(=O)N[C@H]1CCCc2ccccc21. The van der Waals surface area contributed by atoms with Crippen LogP contribution in [0.15, 0.2) is 42.5 Å². The number of fused-ring (bicyclic) bond motifs is 1. The van der Waals surface area contributed by atoms with Crippen molar-refractivity contribution in [3.05, 3.63) is 64.2 Å². The Hall–Kier alpha value is -2.33. The predicted octanol–water partition coefficient (Wildman–Crippen LogP) is 4.12. The Morgan fingerprint density at radius 3 is 2.84 bits per heavy atom. The molecule has 1 aliphatic rings. The molecule has 0 aromatic heterocycles. The Morgan fingerprint density at radius 1 is 1.24 bits per heavy atom. The van der Waals surface area contributed by atoms with Gasteiger partial charge in [0.15, 0.2) is 12.4 Å². The van der Waals surface area contributed by atoms with Gasteiger partial charge in [0.2, 0.25) is 0 Å². The van der Waals surface area contributed by atoms with Gasteiger partial charge in [0.25, 0.3) is 5.91 Å². The lowest BCUT2D eigenvalue weighted by Crippen LogP contribution is -2.34. The molecule has 2 aromatic carbocycles. The molecule has 25 heavy (non-hydrogen) atoms. The van der Waals surface area contributed by atoms with E-state index in [1.807, 2.05) is 12.1 Å². The minimum Gasteiger partial charge on any atom is -0.483 e. The van der Waals surface area contributed by atoms with Crippen LogP contribution in [0.2, 0.25) is 5.02 Å². The summed E-state index contributed by atoms with van der Waals surface area (Å²) >= 11 is 5.91. The van der Waals surface area contributed by atoms with Crippen LogP contribution < -0.4 is 10.1 Å². The van der Waals surface area contributed by atoms with Crippen LogP contribution in [0.5, 0.6) is 5.75 Å². The van der Waals surface area contributed by atoms with E-state index in [1.54, 1.807) is 18.2 Å². The Balaban J connectivity index is 1.64. The number of hydrogen-bond donors (Lipinski definition) is 1. The summed E-state index contributed by atoms with van der Waals surface area (Å²) < 4.78 is 5.55. The Kier molecular flexibility index (Phi) is 5.39. The van der Waals surface area contributed by atoms with Gasteiger partial charge in [-0.1, -0.05) is 35.9 Å². The second-order valence-electron chi connectivity index (χ2n) is 6.20. The quantitative estimate of drug-likeness (QED) is 0.819. The smallest absolute Gasteiger partial charge is 0.258 e. The lowest BCUT2D eigenvalue weighted by molar-refractivity contribution is -0.124. The summed E-state index contributed by atoms with van der Waals surface area (Å²) in [5.74, 6) is 0.0152. The molecule has 0 fully saturated rings. The number of benzene rings is 2. The number of nitrogens with one attached hydrogen (secondary N) is 1. The van der Waals surface area contributed by atoms with Crippen LogP contribution in [0, 0.1) is 0 Å². The normalized spacial score (nSPS) is 16.0. The summed E-state index contributed by atoms with van der Waals surface area (Å²) in [6, 6.07) is 13.0. The van der Waals surface area contributed by atoms with Gasteiger partial charge in [0.05, 0.1) is 11.6 Å². The van der Waals surface area contributed by atoms with E-state index in [9.17, 15) is 9.59 Å². The van der Waals surface area contributed by atoms with Crippen LogP contribution in [0.4, 0.5) is 0 Å². The molecular formula is C20H20ClNO3. The number of carbonyl (C=O) groups excluding carboxylic acids is 2. The van der Waals surface area contributed by atoms with E-state index >= 15 is 0 Å². The van der Waals surface area contributed by atoms with Gasteiger partial charge in [-0.2, -0.15) is 0 Å². The zero-order valence-corrected chi connectivity index (χ0v) is 14.8. The molecule has 3 rings (SSSR count). The summed E-state index contributed by atoms with van der Waals surface area (Å²) in [4.78, 5) is 24.0. The zero-order valence-electron chi connectivity index (χ0n) is 14.0. The predicted molar refractivity (Wildman–Crippen MR) is 97.2 cm³/mol. The third-order valence-corrected chi connectivity index (χ3v) is 4.62. The van der Waals surface area contributed by atoms with E-state index in [0.29, 0.717) is 16.3 Å². The molecule has 0 saturated carbocycles. The second-order valence-corrected chi connectivity index (χ2v) is 6.63. The van der Waals surface area contributed by atoms with Crippen LogP contribution >= 0.6 is 11.6 Å². The second kappa shape index (κ2) is 7.70. The van der Waals surface area contributed by atoms with Crippen molar-refractivity contribution in [2.75, 3.05) is 6.61 Å². The first-order valence-corrected chi connectivity index (χ1v) is 8.73. The first-order chi connectivity index (χ1) is 12.0. The Bertz CT molecular complexity index is 803. The first kappa shape index (κ1) is 17.5. The highest BCUT2D eigenvalue weighted by molar-refractivity contribution is 6.31. The van der Waals surface area contributed by atoms with Crippen molar-refractivity contribution >= 4 is 23.3 Å². The minimum absolute atomic E-state index is 0.0125. The maximum Gasteiger partial charge on any atom is 0.258 e. The van der Waals surface area contributed by atoms with Gasteiger partial charge < -0.3 is 10.1 Å². The van der Waals surface area contributed by atoms with E-state index in [0.717, 1.165) is 19.3 Å². The van der Waals surface area contributed by atoms with E-state index in [2.05, 4.69) is 17.4 Å². The summed E-state index contributed by atoms with van der Waals surface area (Å²) in [5.41, 5.74) is 2.85. The summed E-state index contributed by atoms with van der Waals surface area (Å²) in [6.45, 7) is 1.30. The van der Waals surface area contributed by atoms with Crippen LogP contribution in [0.1, 0.15) is 47.3 Å². The van der Waals surface area contributed by atoms with Gasteiger partial charge in [-0.25, -0.2) is 0 Å².